The van der Waals surface area contributed by atoms with Crippen molar-refractivity contribution >= 4 is 24.1 Å². The number of nitrogens with one attached hydrogen (secondary N) is 2. The van der Waals surface area contributed by atoms with E-state index in [0.717, 1.165) is 42.5 Å². The van der Waals surface area contributed by atoms with Crippen molar-refractivity contribution in [2.24, 2.45) is 5.73 Å². The molecule has 220 valence electrons. The molecule has 4 N–H and O–H groups in total. The van der Waals surface area contributed by atoms with Crippen molar-refractivity contribution in [1.29, 1.82) is 0 Å². The Labute approximate surface area is 245 Å². The van der Waals surface area contributed by atoms with Crippen molar-refractivity contribution in [2.75, 3.05) is 13.2 Å². The average molecular weight is 585 g/mol. The van der Waals surface area contributed by atoms with E-state index in [0.29, 0.717) is 36.8 Å². The van der Waals surface area contributed by atoms with Gasteiger partial charge in [-0.1, -0.05) is 32.8 Å². The number of rotatable bonds is 13. The van der Waals surface area contributed by atoms with Crippen LogP contribution in [0.25, 0.3) is 11.3 Å². The molecule has 0 bridgehead atoms. The first-order valence-corrected chi connectivity index (χ1v) is 13.3. The highest BCUT2D eigenvalue weighted by atomic mass is 35.5. The second kappa shape index (κ2) is 17.5. The van der Waals surface area contributed by atoms with Crippen LogP contribution in [0.2, 0.25) is 0 Å². The zero-order valence-electron chi connectivity index (χ0n) is 23.2. The van der Waals surface area contributed by atoms with Crippen molar-refractivity contribution in [3.05, 3.63) is 94.4 Å². The Hall–Kier alpha value is -4.22. The van der Waals surface area contributed by atoms with Crippen molar-refractivity contribution < 1.29 is 19.2 Å². The number of unbranched alkanes of at least 4 members (excludes halogenated alkanes) is 2. The molecule has 4 rings (SSSR count). The predicted molar refractivity (Wildman–Crippen MR) is 159 cm³/mol. The van der Waals surface area contributed by atoms with Gasteiger partial charge < -0.3 is 25.2 Å². The topological polar surface area (TPSA) is 162 Å². The van der Waals surface area contributed by atoms with Gasteiger partial charge in [0.1, 0.15) is 17.1 Å². The summed E-state index contributed by atoms with van der Waals surface area (Å²) in [4.78, 5) is 37.2. The molecule has 1 unspecified atom stereocenters. The third-order valence-electron chi connectivity index (χ3n) is 5.97. The molecule has 2 heterocycles. The maximum absolute atomic E-state index is 12.7. The van der Waals surface area contributed by atoms with Gasteiger partial charge in [-0.3, -0.25) is 10.1 Å². The smallest absolute Gasteiger partial charge is 0.341 e. The first kappa shape index (κ1) is 33.0. The standard InChI is InChI=1S/C26H32N4O5.C3H4N2.ClH/c1-3-5-13-34-24-12-9-19(15-21(24)26(31)35-14-6-4-2)22(27)16-25-28-17-23(29-25)18-7-10-20(11-8-18)30(32)33;1-2-5-3-4-1;/h7-12,15,17,22H,3-6,13-14,16,27H2,1-2H3,(H,28,29);1-3H,(H,4,5);1H. The highest BCUT2D eigenvalue weighted by Crippen LogP contribution is 2.27. The van der Waals surface area contributed by atoms with Gasteiger partial charge in [-0.25, -0.2) is 14.8 Å². The number of non-ortho nitro benzene ring substituents is 1. The number of H-pyrrole nitrogens is 2. The number of aromatic amines is 2. The number of nitrogens with zero attached hydrogens (tertiary/aromatic N) is 3. The number of hydrogen-bond acceptors (Lipinski definition) is 8. The van der Waals surface area contributed by atoms with E-state index in [-0.39, 0.29) is 18.1 Å². The van der Waals surface area contributed by atoms with E-state index in [1.54, 1.807) is 49.2 Å². The summed E-state index contributed by atoms with van der Waals surface area (Å²) in [6.07, 6.45) is 10.8. The number of nitro groups is 1. The molecule has 0 aliphatic rings. The lowest BCUT2D eigenvalue weighted by atomic mass is 10.0. The summed E-state index contributed by atoms with van der Waals surface area (Å²) in [7, 11) is 0. The molecule has 4 aromatic rings. The lowest BCUT2D eigenvalue weighted by molar-refractivity contribution is -0.384. The van der Waals surface area contributed by atoms with E-state index < -0.39 is 16.9 Å². The summed E-state index contributed by atoms with van der Waals surface area (Å²) in [5.74, 6) is 0.744. The van der Waals surface area contributed by atoms with E-state index in [4.69, 9.17) is 15.2 Å². The van der Waals surface area contributed by atoms with E-state index in [1.165, 1.54) is 12.1 Å². The third-order valence-corrected chi connectivity index (χ3v) is 5.97. The molecule has 11 nitrogen and oxygen atoms in total. The Morgan fingerprint density at radius 2 is 1.83 bits per heavy atom. The minimum Gasteiger partial charge on any atom is -0.493 e. The second-order valence-corrected chi connectivity index (χ2v) is 9.07. The fourth-order valence-corrected chi connectivity index (χ4v) is 3.69. The number of imidazole rings is 2. The van der Waals surface area contributed by atoms with Crippen molar-refractivity contribution in [3.63, 3.8) is 0 Å². The van der Waals surface area contributed by atoms with Crippen molar-refractivity contribution in [2.45, 2.75) is 52.0 Å². The quantitative estimate of drug-likeness (QED) is 0.0724. The van der Waals surface area contributed by atoms with Crippen LogP contribution < -0.4 is 10.5 Å². The molecule has 0 saturated carbocycles. The maximum atomic E-state index is 12.7. The van der Waals surface area contributed by atoms with Gasteiger partial charge in [0.2, 0.25) is 0 Å². The summed E-state index contributed by atoms with van der Waals surface area (Å²) in [5, 5.41) is 10.9. The summed E-state index contributed by atoms with van der Waals surface area (Å²) in [6.45, 7) is 4.99. The van der Waals surface area contributed by atoms with E-state index in [9.17, 15) is 14.9 Å². The number of benzene rings is 2. The summed E-state index contributed by atoms with van der Waals surface area (Å²) in [5.41, 5.74) is 9.15. The molecule has 0 saturated heterocycles. The van der Waals surface area contributed by atoms with Crippen LogP contribution in [0, 0.1) is 10.1 Å². The number of ether oxygens (including phenoxy) is 2. The number of aromatic nitrogens is 4. The second-order valence-electron chi connectivity index (χ2n) is 9.07. The maximum Gasteiger partial charge on any atom is 0.341 e. The number of esters is 1. The Kier molecular flexibility index (Phi) is 14.1. The minimum atomic E-state index is -0.435. The highest BCUT2D eigenvalue weighted by Gasteiger charge is 2.19. The van der Waals surface area contributed by atoms with E-state index >= 15 is 0 Å². The van der Waals surface area contributed by atoms with E-state index in [1.807, 2.05) is 13.0 Å². The number of halogens is 1. The first-order chi connectivity index (χ1) is 19.4. The Morgan fingerprint density at radius 3 is 2.44 bits per heavy atom. The first-order valence-electron chi connectivity index (χ1n) is 13.3. The van der Waals surface area contributed by atoms with Crippen LogP contribution in [0.3, 0.4) is 0 Å². The van der Waals surface area contributed by atoms with Gasteiger partial charge in [0.05, 0.1) is 36.4 Å². The molecule has 1 atom stereocenters. The Bertz CT molecular complexity index is 1310. The molecule has 41 heavy (non-hydrogen) atoms. The fraction of sp³-hybridized carbons (Fsp3) is 0.345. The zero-order chi connectivity index (χ0) is 28.7. The number of carbonyl (C=O) groups is 1. The van der Waals surface area contributed by atoms with Gasteiger partial charge in [0.15, 0.2) is 0 Å². The Balaban J connectivity index is 0.000000883. The molecule has 2 aromatic carbocycles. The van der Waals surface area contributed by atoms with Gasteiger partial charge in [-0.2, -0.15) is 0 Å². The molecule has 0 fully saturated rings. The van der Waals surface area contributed by atoms with Crippen LogP contribution >= 0.6 is 12.4 Å². The molecule has 0 aliphatic carbocycles. The minimum absolute atomic E-state index is 0. The number of carbonyl (C=O) groups excluding carboxylic acids is 1. The van der Waals surface area contributed by atoms with Crippen LogP contribution in [0.15, 0.2) is 67.4 Å². The third kappa shape index (κ3) is 10.4. The monoisotopic (exact) mass is 584 g/mol. The number of nitro benzene ring substituents is 1. The van der Waals surface area contributed by atoms with Crippen LogP contribution in [0.1, 0.15) is 67.3 Å². The van der Waals surface area contributed by atoms with Gasteiger partial charge in [-0.15, -0.1) is 12.4 Å². The van der Waals surface area contributed by atoms with E-state index in [2.05, 4.69) is 26.9 Å². The Morgan fingerprint density at radius 1 is 1.10 bits per heavy atom. The largest absolute Gasteiger partial charge is 0.493 e. The van der Waals surface area contributed by atoms with Crippen LogP contribution in [-0.4, -0.2) is 44.0 Å². The van der Waals surface area contributed by atoms with Gasteiger partial charge in [-0.05, 0) is 42.7 Å². The lowest BCUT2D eigenvalue weighted by Crippen LogP contribution is -2.16. The van der Waals surface area contributed by atoms with Crippen LogP contribution in [0.5, 0.6) is 5.75 Å². The van der Waals surface area contributed by atoms with Gasteiger partial charge >= 0.3 is 5.97 Å². The van der Waals surface area contributed by atoms with Gasteiger partial charge in [0, 0.05) is 42.6 Å². The highest BCUT2D eigenvalue weighted by molar-refractivity contribution is 5.92. The zero-order valence-corrected chi connectivity index (χ0v) is 24.1. The molecular formula is C29H37ClN6O5. The summed E-state index contributed by atoms with van der Waals surface area (Å²) >= 11 is 0. The average Bonchev–Trinajstić information content (AvgIpc) is 3.69. The molecule has 0 amide bonds. The van der Waals surface area contributed by atoms with Crippen LogP contribution in [-0.2, 0) is 11.2 Å². The van der Waals surface area contributed by atoms with Crippen molar-refractivity contribution in [1.82, 2.24) is 19.9 Å². The lowest BCUT2D eigenvalue weighted by Gasteiger charge is -2.16. The molecular weight excluding hydrogens is 548 g/mol. The normalized spacial score (nSPS) is 11.0. The SMILES string of the molecule is CCCCOC(=O)c1cc(C(N)Cc2ncc(-c3ccc([N+](=O)[O-])cc3)[nH]2)ccc1OCCCC.Cl.c1c[nH]cn1. The molecule has 2 aromatic heterocycles. The molecule has 0 radical (unpaired) electrons. The van der Waals surface area contributed by atoms with Crippen LogP contribution in [0.4, 0.5) is 5.69 Å². The number of nitrogens with two attached hydrogens (primary N) is 1. The van der Waals surface area contributed by atoms with Crippen molar-refractivity contribution in [3.8, 4) is 17.0 Å². The molecule has 0 spiro atoms. The molecule has 12 heteroatoms. The summed E-state index contributed by atoms with van der Waals surface area (Å²) in [6, 6.07) is 11.2. The van der Waals surface area contributed by atoms with Gasteiger partial charge in [0.25, 0.3) is 5.69 Å². The fourth-order valence-electron chi connectivity index (χ4n) is 3.69. The molecule has 0 aliphatic heterocycles. The number of hydrogen-bond donors (Lipinski definition) is 3. The predicted octanol–water partition coefficient (Wildman–Crippen LogP) is 6.19. The summed E-state index contributed by atoms with van der Waals surface area (Å²) < 4.78 is 11.3.